The number of aliphatic hydroxyl groups is 1. The maximum Gasteiger partial charge on any atom is 0.119 e. The predicted octanol–water partition coefficient (Wildman–Crippen LogP) is 3.00. The number of hydrogen-bond donors (Lipinski definition) is 1. The summed E-state index contributed by atoms with van der Waals surface area (Å²) >= 11 is 0. The van der Waals surface area contributed by atoms with Crippen LogP contribution in [-0.2, 0) is 0 Å². The molecule has 0 bridgehead atoms. The number of benzene rings is 1. The van der Waals surface area contributed by atoms with E-state index in [4.69, 9.17) is 4.74 Å². The van der Waals surface area contributed by atoms with E-state index in [0.29, 0.717) is 19.2 Å². The Labute approximate surface area is 122 Å². The van der Waals surface area contributed by atoms with Gasteiger partial charge in [0.2, 0.25) is 0 Å². The average molecular weight is 277 g/mol. The Kier molecular flexibility index (Phi) is 5.86. The number of ether oxygens (including phenoxy) is 1. The van der Waals surface area contributed by atoms with Crippen molar-refractivity contribution in [1.29, 1.82) is 0 Å². The maximum atomic E-state index is 10.1. The molecule has 1 saturated carbocycles. The smallest absolute Gasteiger partial charge is 0.119 e. The molecule has 0 amide bonds. The number of likely N-dealkylation sites (N-methyl/N-ethyl adjacent to an activating group) is 1. The molecule has 1 N–H and O–H groups in total. The Morgan fingerprint density at radius 3 is 2.50 bits per heavy atom. The second-order valence-corrected chi connectivity index (χ2v) is 6.01. The van der Waals surface area contributed by atoms with E-state index in [9.17, 15) is 5.11 Å². The molecular weight excluding hydrogens is 250 g/mol. The first kappa shape index (κ1) is 15.3. The Bertz CT molecular complexity index is 384. The van der Waals surface area contributed by atoms with E-state index in [0.717, 1.165) is 5.75 Å². The third kappa shape index (κ3) is 4.80. The molecule has 1 fully saturated rings. The summed E-state index contributed by atoms with van der Waals surface area (Å²) in [4.78, 5) is 2.29. The molecule has 1 aliphatic carbocycles. The van der Waals surface area contributed by atoms with E-state index in [1.165, 1.54) is 37.7 Å². The van der Waals surface area contributed by atoms with Gasteiger partial charge in [-0.25, -0.2) is 0 Å². The molecule has 0 saturated heterocycles. The van der Waals surface area contributed by atoms with Crippen LogP contribution in [0.25, 0.3) is 0 Å². The summed E-state index contributed by atoms with van der Waals surface area (Å²) in [6, 6.07) is 8.59. The van der Waals surface area contributed by atoms with Gasteiger partial charge in [0, 0.05) is 12.6 Å². The zero-order valence-corrected chi connectivity index (χ0v) is 12.7. The molecule has 0 aromatic heterocycles. The molecule has 1 aromatic carbocycles. The maximum absolute atomic E-state index is 10.1. The lowest BCUT2D eigenvalue weighted by Gasteiger charge is -2.32. The van der Waals surface area contributed by atoms with Crippen molar-refractivity contribution in [2.24, 2.45) is 0 Å². The van der Waals surface area contributed by atoms with Crippen molar-refractivity contribution in [3.63, 3.8) is 0 Å². The topological polar surface area (TPSA) is 32.7 Å². The van der Waals surface area contributed by atoms with Gasteiger partial charge in [-0.1, -0.05) is 37.0 Å². The number of aliphatic hydroxyl groups excluding tert-OH is 1. The van der Waals surface area contributed by atoms with Crippen LogP contribution in [0, 0.1) is 6.92 Å². The Morgan fingerprint density at radius 2 is 1.85 bits per heavy atom. The molecular formula is C17H27NO2. The van der Waals surface area contributed by atoms with Gasteiger partial charge in [0.05, 0.1) is 0 Å². The van der Waals surface area contributed by atoms with Crippen LogP contribution in [0.3, 0.4) is 0 Å². The van der Waals surface area contributed by atoms with Crippen LogP contribution < -0.4 is 4.74 Å². The molecule has 2 rings (SSSR count). The molecule has 3 nitrogen and oxygen atoms in total. The van der Waals surface area contributed by atoms with Crippen LogP contribution in [0.4, 0.5) is 0 Å². The number of hydrogen-bond acceptors (Lipinski definition) is 3. The van der Waals surface area contributed by atoms with E-state index < -0.39 is 6.10 Å². The molecule has 1 aliphatic rings. The van der Waals surface area contributed by atoms with E-state index >= 15 is 0 Å². The summed E-state index contributed by atoms with van der Waals surface area (Å²) in [5.74, 6) is 0.829. The summed E-state index contributed by atoms with van der Waals surface area (Å²) in [6.45, 7) is 3.11. The molecule has 0 spiro atoms. The van der Waals surface area contributed by atoms with Gasteiger partial charge in [-0.2, -0.15) is 0 Å². The van der Waals surface area contributed by atoms with Crippen molar-refractivity contribution >= 4 is 0 Å². The molecule has 1 aromatic rings. The van der Waals surface area contributed by atoms with E-state index in [-0.39, 0.29) is 0 Å². The molecule has 1 atom stereocenters. The van der Waals surface area contributed by atoms with Gasteiger partial charge in [0.15, 0.2) is 0 Å². The number of nitrogens with zero attached hydrogens (tertiary/aromatic N) is 1. The minimum Gasteiger partial charge on any atom is -0.491 e. The van der Waals surface area contributed by atoms with Crippen LogP contribution in [0.15, 0.2) is 24.3 Å². The number of aryl methyl sites for hydroxylation is 1. The van der Waals surface area contributed by atoms with Crippen molar-refractivity contribution in [3.8, 4) is 5.75 Å². The van der Waals surface area contributed by atoms with Gasteiger partial charge in [0.25, 0.3) is 0 Å². The van der Waals surface area contributed by atoms with Crippen molar-refractivity contribution in [3.05, 3.63) is 29.8 Å². The Hall–Kier alpha value is -1.06. The fraction of sp³-hybridized carbons (Fsp3) is 0.647. The first-order valence-electron chi connectivity index (χ1n) is 7.73. The minimum absolute atomic E-state index is 0.361. The largest absolute Gasteiger partial charge is 0.491 e. The monoisotopic (exact) mass is 277 g/mol. The fourth-order valence-electron chi connectivity index (χ4n) is 2.88. The summed E-state index contributed by atoms with van der Waals surface area (Å²) in [5.41, 5.74) is 1.22. The first-order chi connectivity index (χ1) is 9.65. The van der Waals surface area contributed by atoms with Crippen molar-refractivity contribution < 1.29 is 9.84 Å². The van der Waals surface area contributed by atoms with Gasteiger partial charge >= 0.3 is 0 Å². The highest BCUT2D eigenvalue weighted by Crippen LogP contribution is 2.21. The van der Waals surface area contributed by atoms with Crippen molar-refractivity contribution in [2.45, 2.75) is 51.2 Å². The van der Waals surface area contributed by atoms with Gasteiger partial charge < -0.3 is 14.7 Å². The van der Waals surface area contributed by atoms with E-state index in [1.54, 1.807) is 0 Å². The lowest BCUT2D eigenvalue weighted by Crippen LogP contribution is -2.40. The molecule has 3 heteroatoms. The van der Waals surface area contributed by atoms with Crippen LogP contribution >= 0.6 is 0 Å². The molecule has 0 unspecified atom stereocenters. The second kappa shape index (κ2) is 7.65. The molecule has 112 valence electrons. The van der Waals surface area contributed by atoms with Crippen LogP contribution in [-0.4, -0.2) is 42.4 Å². The highest BCUT2D eigenvalue weighted by atomic mass is 16.5. The lowest BCUT2D eigenvalue weighted by molar-refractivity contribution is 0.0561. The molecule has 20 heavy (non-hydrogen) atoms. The normalized spacial score (nSPS) is 18.2. The third-order valence-corrected chi connectivity index (χ3v) is 4.16. The predicted molar refractivity (Wildman–Crippen MR) is 82.2 cm³/mol. The summed E-state index contributed by atoms with van der Waals surface area (Å²) < 4.78 is 5.63. The minimum atomic E-state index is -0.428. The van der Waals surface area contributed by atoms with Crippen molar-refractivity contribution in [1.82, 2.24) is 4.90 Å². The van der Waals surface area contributed by atoms with Gasteiger partial charge in [-0.05, 0) is 38.9 Å². The summed E-state index contributed by atoms with van der Waals surface area (Å²) in [7, 11) is 2.12. The second-order valence-electron chi connectivity index (χ2n) is 6.01. The molecule has 0 heterocycles. The highest BCUT2D eigenvalue weighted by molar-refractivity contribution is 5.26. The molecule has 0 radical (unpaired) electrons. The van der Waals surface area contributed by atoms with Gasteiger partial charge in [0.1, 0.15) is 18.5 Å². The van der Waals surface area contributed by atoms with Crippen LogP contribution in [0.5, 0.6) is 5.75 Å². The highest BCUT2D eigenvalue weighted by Gasteiger charge is 2.20. The van der Waals surface area contributed by atoms with E-state index in [1.807, 2.05) is 24.3 Å². The van der Waals surface area contributed by atoms with E-state index in [2.05, 4.69) is 18.9 Å². The zero-order chi connectivity index (χ0) is 14.4. The quantitative estimate of drug-likeness (QED) is 0.867. The summed E-state index contributed by atoms with van der Waals surface area (Å²) in [5, 5.41) is 10.1. The molecule has 0 aliphatic heterocycles. The average Bonchev–Trinajstić information content (AvgIpc) is 2.47. The third-order valence-electron chi connectivity index (χ3n) is 4.16. The lowest BCUT2D eigenvalue weighted by atomic mass is 9.94. The van der Waals surface area contributed by atoms with Gasteiger partial charge in [-0.15, -0.1) is 0 Å². The number of rotatable bonds is 6. The van der Waals surface area contributed by atoms with Gasteiger partial charge in [-0.3, -0.25) is 0 Å². The first-order valence-corrected chi connectivity index (χ1v) is 7.73. The fourth-order valence-corrected chi connectivity index (χ4v) is 2.88. The van der Waals surface area contributed by atoms with Crippen molar-refractivity contribution in [2.75, 3.05) is 20.2 Å². The summed E-state index contributed by atoms with van der Waals surface area (Å²) in [6.07, 6.45) is 6.12. The SMILES string of the molecule is Cc1ccc(OC[C@H](O)CN(C)C2CCCCC2)cc1. The zero-order valence-electron chi connectivity index (χ0n) is 12.7. The Morgan fingerprint density at radius 1 is 1.20 bits per heavy atom. The van der Waals surface area contributed by atoms with Crippen LogP contribution in [0.1, 0.15) is 37.7 Å². The van der Waals surface area contributed by atoms with Crippen LogP contribution in [0.2, 0.25) is 0 Å². The Balaban J connectivity index is 1.71. The standard InChI is InChI=1S/C17H27NO2/c1-14-8-10-17(11-9-14)20-13-16(19)12-18(2)15-6-4-3-5-7-15/h8-11,15-16,19H,3-7,12-13H2,1-2H3/t16-/m1/s1.